The van der Waals surface area contributed by atoms with Gasteiger partial charge in [-0.3, -0.25) is 29.1 Å². The summed E-state index contributed by atoms with van der Waals surface area (Å²) in [4.78, 5) is 34.7. The third kappa shape index (κ3) is 5.72. The fourth-order valence-corrected chi connectivity index (χ4v) is 5.55. The molecular formula is C26H21Cl2F4N5O6. The number of nitro benzene ring substituents is 1. The van der Waals surface area contributed by atoms with E-state index >= 15 is 0 Å². The van der Waals surface area contributed by atoms with E-state index in [1.165, 1.54) is 20.1 Å². The number of nitro groups is 1. The van der Waals surface area contributed by atoms with Gasteiger partial charge in [-0.05, 0) is 12.1 Å². The van der Waals surface area contributed by atoms with Gasteiger partial charge in [0.05, 0.1) is 68.7 Å². The lowest BCUT2D eigenvalue weighted by Gasteiger charge is -2.06. The van der Waals surface area contributed by atoms with Crippen LogP contribution in [0.15, 0.2) is 39.9 Å². The van der Waals surface area contributed by atoms with Gasteiger partial charge in [-0.25, -0.2) is 22.5 Å². The summed E-state index contributed by atoms with van der Waals surface area (Å²) < 4.78 is 70.5. The number of halogens is 6. The van der Waals surface area contributed by atoms with Crippen LogP contribution in [0.3, 0.4) is 0 Å². The number of ether oxygens (including phenoxy) is 2. The van der Waals surface area contributed by atoms with E-state index in [4.69, 9.17) is 32.7 Å². The first-order valence-corrected chi connectivity index (χ1v) is 13.5. The van der Waals surface area contributed by atoms with Crippen LogP contribution in [0.25, 0.3) is 22.3 Å². The zero-order valence-corrected chi connectivity index (χ0v) is 23.5. The molecule has 2 aromatic carbocycles. The number of fused-ring (bicyclic) bond motifs is 2. The second-order valence-electron chi connectivity index (χ2n) is 9.32. The highest BCUT2D eigenvalue weighted by molar-refractivity contribution is 6.32. The van der Waals surface area contributed by atoms with Gasteiger partial charge in [-0.15, -0.1) is 0 Å². The summed E-state index contributed by atoms with van der Waals surface area (Å²) in [6.45, 7) is 2.68. The van der Waals surface area contributed by atoms with E-state index in [1.807, 2.05) is 0 Å². The molecule has 4 aromatic rings. The molecule has 0 radical (unpaired) electrons. The number of aromatic nitrogens is 4. The van der Waals surface area contributed by atoms with Crippen molar-refractivity contribution in [2.75, 3.05) is 26.4 Å². The van der Waals surface area contributed by atoms with Crippen LogP contribution in [0.4, 0.5) is 23.2 Å². The second-order valence-corrected chi connectivity index (χ2v) is 10.0. The minimum atomic E-state index is -1.32. The predicted octanol–water partition coefficient (Wildman–Crippen LogP) is 4.47. The lowest BCUT2D eigenvalue weighted by Crippen LogP contribution is -2.23. The molecule has 0 aliphatic carbocycles. The minimum absolute atomic E-state index is 0.00962. The highest BCUT2D eigenvalue weighted by Crippen LogP contribution is 2.33. The average molecular weight is 646 g/mol. The minimum Gasteiger partial charge on any atom is -0.378 e. The van der Waals surface area contributed by atoms with Crippen LogP contribution < -0.4 is 11.1 Å². The Balaban J connectivity index is 0.000000173. The van der Waals surface area contributed by atoms with Crippen LogP contribution in [-0.2, 0) is 35.7 Å². The predicted molar refractivity (Wildman–Crippen MR) is 146 cm³/mol. The van der Waals surface area contributed by atoms with E-state index in [9.17, 15) is 37.3 Å². The quantitative estimate of drug-likeness (QED) is 0.185. The maximum absolute atomic E-state index is 14.1. The summed E-state index contributed by atoms with van der Waals surface area (Å²) in [5, 5.41) is 10.9. The van der Waals surface area contributed by atoms with E-state index in [1.54, 1.807) is 4.68 Å². The van der Waals surface area contributed by atoms with Crippen molar-refractivity contribution in [3.63, 3.8) is 0 Å². The summed E-state index contributed by atoms with van der Waals surface area (Å²) in [6.07, 6.45) is 0. The average Bonchev–Trinajstić information content (AvgIpc) is 3.20. The molecule has 43 heavy (non-hydrogen) atoms. The lowest BCUT2D eigenvalue weighted by atomic mass is 10.1. The largest absolute Gasteiger partial charge is 0.378 e. The van der Waals surface area contributed by atoms with E-state index in [2.05, 4.69) is 0 Å². The Labute approximate surface area is 249 Å². The van der Waals surface area contributed by atoms with Gasteiger partial charge in [0, 0.05) is 29.3 Å². The molecule has 0 fully saturated rings. The molecule has 2 aromatic heterocycles. The Hall–Kier alpha value is -3.92. The SMILES string of the molecule is O=c1c(-c2cc([N+](=O)[O-])c(F)cc2F)c(Cl)n2n1CCOCC2.O=c1c(-c2ccc(F)cc2F)c(Cl)n2n1CCOCC2. The van der Waals surface area contributed by atoms with E-state index in [0.717, 1.165) is 12.1 Å². The molecule has 17 heteroatoms. The molecule has 0 atom stereocenters. The fraction of sp³-hybridized carbons (Fsp3) is 0.308. The summed E-state index contributed by atoms with van der Waals surface area (Å²) in [7, 11) is 0. The van der Waals surface area contributed by atoms with Crippen molar-refractivity contribution in [2.24, 2.45) is 0 Å². The molecule has 2 aliphatic heterocycles. The summed E-state index contributed by atoms with van der Waals surface area (Å²) in [6, 6.07) is 4.13. The monoisotopic (exact) mass is 645 g/mol. The topological polar surface area (TPSA) is 115 Å². The van der Waals surface area contributed by atoms with Crippen molar-refractivity contribution in [1.82, 2.24) is 18.7 Å². The van der Waals surface area contributed by atoms with Gasteiger partial charge in [0.2, 0.25) is 5.82 Å². The first-order valence-electron chi connectivity index (χ1n) is 12.7. The Morgan fingerprint density at radius 2 is 1.14 bits per heavy atom. The van der Waals surface area contributed by atoms with Crippen LogP contribution in [-0.4, -0.2) is 50.1 Å². The van der Waals surface area contributed by atoms with Crippen molar-refractivity contribution >= 4 is 28.9 Å². The molecule has 228 valence electrons. The first-order chi connectivity index (χ1) is 20.5. The molecule has 0 saturated heterocycles. The Kier molecular flexibility index (Phi) is 8.78. The smallest absolute Gasteiger partial charge is 0.305 e. The molecule has 0 unspecified atom stereocenters. The summed E-state index contributed by atoms with van der Waals surface area (Å²) >= 11 is 12.3. The molecule has 6 rings (SSSR count). The van der Waals surface area contributed by atoms with Crippen molar-refractivity contribution in [2.45, 2.75) is 26.2 Å². The van der Waals surface area contributed by atoms with Crippen molar-refractivity contribution in [3.05, 3.63) is 94.7 Å². The third-order valence-corrected chi connectivity index (χ3v) is 7.61. The zero-order chi connectivity index (χ0) is 31.0. The highest BCUT2D eigenvalue weighted by Gasteiger charge is 2.27. The Bertz CT molecular complexity index is 1850. The van der Waals surface area contributed by atoms with Crippen LogP contribution in [0.5, 0.6) is 0 Å². The van der Waals surface area contributed by atoms with Crippen molar-refractivity contribution in [1.29, 1.82) is 0 Å². The summed E-state index contributed by atoms with van der Waals surface area (Å²) in [5.41, 5.74) is -2.49. The molecule has 0 N–H and O–H groups in total. The van der Waals surface area contributed by atoms with Crippen molar-refractivity contribution in [3.8, 4) is 22.3 Å². The van der Waals surface area contributed by atoms with Gasteiger partial charge in [-0.2, -0.15) is 4.39 Å². The fourth-order valence-electron chi connectivity index (χ4n) is 4.83. The van der Waals surface area contributed by atoms with Gasteiger partial charge < -0.3 is 9.47 Å². The standard InChI is InChI=1S/C13H10ClF2N3O4.C13H11ClF2N2O2/c14-12-11(13(20)18-2-4-23-3-1-17(12)18)7-5-10(19(21)22)9(16)6-8(7)15;14-12-11(9-2-1-8(15)7-10(9)16)13(19)18-4-6-20-5-3-17(12)18/h5-6H,1-4H2;1-2,7H,3-6H2. The third-order valence-electron chi connectivity index (χ3n) is 6.84. The number of benzene rings is 2. The molecule has 2 aliphatic rings. The number of rotatable bonds is 3. The van der Waals surface area contributed by atoms with Crippen LogP contribution in [0.1, 0.15) is 0 Å². The van der Waals surface area contributed by atoms with Crippen LogP contribution in [0.2, 0.25) is 10.3 Å². The van der Waals surface area contributed by atoms with E-state index < -0.39 is 50.6 Å². The maximum Gasteiger partial charge on any atom is 0.305 e. The summed E-state index contributed by atoms with van der Waals surface area (Å²) in [5.74, 6) is -3.91. The van der Waals surface area contributed by atoms with Crippen molar-refractivity contribution < 1.29 is 32.0 Å². The van der Waals surface area contributed by atoms with Gasteiger partial charge in [-0.1, -0.05) is 23.2 Å². The van der Waals surface area contributed by atoms with E-state index in [0.29, 0.717) is 45.0 Å². The van der Waals surface area contributed by atoms with Gasteiger partial charge in [0.25, 0.3) is 11.1 Å². The number of hydrogen-bond donors (Lipinski definition) is 0. The Morgan fingerprint density at radius 3 is 1.63 bits per heavy atom. The molecule has 0 saturated carbocycles. The zero-order valence-electron chi connectivity index (χ0n) is 22.0. The first kappa shape index (κ1) is 30.5. The number of hydrogen-bond acceptors (Lipinski definition) is 6. The number of nitrogens with zero attached hydrogens (tertiary/aromatic N) is 5. The molecule has 0 spiro atoms. The van der Waals surface area contributed by atoms with Gasteiger partial charge in [0.1, 0.15) is 27.8 Å². The normalized spacial score (nSPS) is 14.7. The molecular weight excluding hydrogens is 625 g/mol. The Morgan fingerprint density at radius 1 is 0.674 bits per heavy atom. The highest BCUT2D eigenvalue weighted by atomic mass is 35.5. The second kappa shape index (κ2) is 12.4. The molecule has 0 amide bonds. The van der Waals surface area contributed by atoms with Gasteiger partial charge in [0.15, 0.2) is 0 Å². The molecule has 11 nitrogen and oxygen atoms in total. The van der Waals surface area contributed by atoms with Gasteiger partial charge >= 0.3 is 5.69 Å². The van der Waals surface area contributed by atoms with Crippen LogP contribution >= 0.6 is 23.2 Å². The van der Waals surface area contributed by atoms with E-state index in [-0.39, 0.29) is 46.7 Å². The van der Waals surface area contributed by atoms with Crippen LogP contribution in [0, 0.1) is 33.4 Å². The molecule has 0 bridgehead atoms. The molecule has 4 heterocycles. The lowest BCUT2D eigenvalue weighted by molar-refractivity contribution is -0.387. The maximum atomic E-state index is 14.1.